The number of anilines is 1. The fraction of sp³-hybridized carbons (Fsp3) is 0.125. The largest absolute Gasteiger partial charge is 0.424 e. The highest BCUT2D eigenvalue weighted by atomic mass is 35.7. The van der Waals surface area contributed by atoms with Crippen LogP contribution in [0.25, 0.3) is 0 Å². The molecule has 1 heterocycles. The summed E-state index contributed by atoms with van der Waals surface area (Å²) in [5, 5.41) is 4.16. The van der Waals surface area contributed by atoms with Crippen LogP contribution in [0.15, 0.2) is 35.4 Å². The first kappa shape index (κ1) is 8.79. The summed E-state index contributed by atoms with van der Waals surface area (Å²) in [6, 6.07) is 9.73. The maximum absolute atomic E-state index is 5.96. The average Bonchev–Trinajstić information content (AvgIpc) is 2.47. The zero-order valence-corrected chi connectivity index (χ0v) is 8.66. The van der Waals surface area contributed by atoms with Gasteiger partial charge in [-0.1, -0.05) is 18.2 Å². The van der Waals surface area contributed by atoms with Crippen molar-refractivity contribution in [3.05, 3.63) is 30.3 Å². The van der Waals surface area contributed by atoms with Gasteiger partial charge in [0.05, 0.1) is 5.69 Å². The minimum Gasteiger partial charge on any atom is -0.424 e. The molecule has 2 rings (SSSR count). The van der Waals surface area contributed by atoms with Gasteiger partial charge in [0.15, 0.2) is 0 Å². The Morgan fingerprint density at radius 3 is 2.62 bits per heavy atom. The van der Waals surface area contributed by atoms with Crippen LogP contribution in [0.4, 0.5) is 5.69 Å². The Balaban J connectivity index is 2.27. The molecule has 0 aromatic heterocycles. The van der Waals surface area contributed by atoms with Gasteiger partial charge in [0.25, 0.3) is 0 Å². The van der Waals surface area contributed by atoms with E-state index in [1.165, 1.54) is 0 Å². The van der Waals surface area contributed by atoms with Crippen molar-refractivity contribution < 1.29 is 4.52 Å². The third kappa shape index (κ3) is 1.77. The predicted molar refractivity (Wildman–Crippen MR) is 55.9 cm³/mol. The Labute approximate surface area is 82.6 Å². The maximum Gasteiger partial charge on any atom is 0.319 e. The van der Waals surface area contributed by atoms with Crippen molar-refractivity contribution in [1.29, 1.82) is 0 Å². The molecule has 0 spiro atoms. The number of rotatable bonds is 1. The second-order valence-electron chi connectivity index (χ2n) is 2.56. The van der Waals surface area contributed by atoms with Crippen LogP contribution in [0.2, 0.25) is 0 Å². The van der Waals surface area contributed by atoms with Gasteiger partial charge in [-0.15, -0.1) is 5.10 Å². The summed E-state index contributed by atoms with van der Waals surface area (Å²) >= 11 is 5.96. The SMILES string of the molecule is CC1=NN(c2ccccc2)P(Cl)O1. The quantitative estimate of drug-likeness (QED) is 0.670. The second kappa shape index (κ2) is 3.52. The van der Waals surface area contributed by atoms with Crippen molar-refractivity contribution in [1.82, 2.24) is 0 Å². The van der Waals surface area contributed by atoms with Crippen LogP contribution in [0, 0.1) is 0 Å². The molecule has 5 heteroatoms. The van der Waals surface area contributed by atoms with E-state index >= 15 is 0 Å². The van der Waals surface area contributed by atoms with E-state index in [1.54, 1.807) is 11.7 Å². The molecule has 0 amide bonds. The summed E-state index contributed by atoms with van der Waals surface area (Å²) in [5.41, 5.74) is 0.959. The molecule has 0 bridgehead atoms. The molecule has 1 aliphatic rings. The van der Waals surface area contributed by atoms with Crippen molar-refractivity contribution >= 4 is 30.5 Å². The van der Waals surface area contributed by atoms with Crippen LogP contribution >= 0.6 is 18.9 Å². The molecule has 1 unspecified atom stereocenters. The van der Waals surface area contributed by atoms with E-state index in [0.29, 0.717) is 5.90 Å². The fourth-order valence-electron chi connectivity index (χ4n) is 1.04. The Hall–Kier alpha value is -0.790. The van der Waals surface area contributed by atoms with Crippen molar-refractivity contribution in [2.45, 2.75) is 6.92 Å². The van der Waals surface area contributed by atoms with Crippen molar-refractivity contribution in [3.63, 3.8) is 0 Å². The van der Waals surface area contributed by atoms with Gasteiger partial charge in [-0.3, -0.25) is 0 Å². The summed E-state index contributed by atoms with van der Waals surface area (Å²) in [6.07, 6.45) is 0. The lowest BCUT2D eigenvalue weighted by Gasteiger charge is -2.13. The zero-order chi connectivity index (χ0) is 9.26. The molecule has 1 aromatic carbocycles. The fourth-order valence-corrected chi connectivity index (χ4v) is 2.55. The molecule has 0 radical (unpaired) electrons. The van der Waals surface area contributed by atoms with Crippen LogP contribution in [0.5, 0.6) is 0 Å². The third-order valence-electron chi connectivity index (χ3n) is 1.58. The number of nitrogens with zero attached hydrogens (tertiary/aromatic N) is 2. The van der Waals surface area contributed by atoms with E-state index < -0.39 is 7.65 Å². The minimum atomic E-state index is -1.14. The summed E-state index contributed by atoms with van der Waals surface area (Å²) < 4.78 is 6.93. The molecule has 13 heavy (non-hydrogen) atoms. The van der Waals surface area contributed by atoms with Crippen LogP contribution in [-0.2, 0) is 4.52 Å². The number of para-hydroxylation sites is 1. The van der Waals surface area contributed by atoms with Gasteiger partial charge < -0.3 is 4.52 Å². The van der Waals surface area contributed by atoms with E-state index in [1.807, 2.05) is 30.3 Å². The van der Waals surface area contributed by atoms with Gasteiger partial charge in [0.1, 0.15) is 0 Å². The van der Waals surface area contributed by atoms with Gasteiger partial charge in [0.2, 0.25) is 5.90 Å². The Kier molecular flexibility index (Phi) is 2.38. The molecular formula is C8H8ClN2OP. The molecule has 0 fully saturated rings. The number of hydrazone groups is 1. The molecule has 0 saturated carbocycles. The zero-order valence-electron chi connectivity index (χ0n) is 7.01. The van der Waals surface area contributed by atoms with Gasteiger partial charge in [0, 0.05) is 6.92 Å². The van der Waals surface area contributed by atoms with Gasteiger partial charge >= 0.3 is 7.65 Å². The van der Waals surface area contributed by atoms with E-state index in [2.05, 4.69) is 5.10 Å². The van der Waals surface area contributed by atoms with Crippen LogP contribution in [0.3, 0.4) is 0 Å². The van der Waals surface area contributed by atoms with Gasteiger partial charge in [-0.2, -0.15) is 4.78 Å². The van der Waals surface area contributed by atoms with Crippen molar-refractivity contribution in [2.24, 2.45) is 5.10 Å². The van der Waals surface area contributed by atoms with E-state index in [0.717, 1.165) is 5.69 Å². The highest BCUT2D eigenvalue weighted by Crippen LogP contribution is 2.53. The smallest absolute Gasteiger partial charge is 0.319 e. The van der Waals surface area contributed by atoms with Gasteiger partial charge in [-0.25, -0.2) is 0 Å². The lowest BCUT2D eigenvalue weighted by Crippen LogP contribution is -2.01. The first-order chi connectivity index (χ1) is 6.27. The molecule has 1 aliphatic heterocycles. The van der Waals surface area contributed by atoms with E-state index in [-0.39, 0.29) is 0 Å². The maximum atomic E-state index is 5.96. The number of hydrogen-bond donors (Lipinski definition) is 0. The van der Waals surface area contributed by atoms with E-state index in [9.17, 15) is 0 Å². The molecule has 0 saturated heterocycles. The normalized spacial score (nSPS) is 21.2. The Morgan fingerprint density at radius 1 is 1.38 bits per heavy atom. The highest BCUT2D eigenvalue weighted by Gasteiger charge is 2.26. The molecule has 1 atom stereocenters. The topological polar surface area (TPSA) is 24.8 Å². The summed E-state index contributed by atoms with van der Waals surface area (Å²) in [5.74, 6) is 0.616. The van der Waals surface area contributed by atoms with E-state index in [4.69, 9.17) is 15.8 Å². The van der Waals surface area contributed by atoms with Crippen LogP contribution < -0.4 is 4.78 Å². The monoisotopic (exact) mass is 214 g/mol. The summed E-state index contributed by atoms with van der Waals surface area (Å²) in [6.45, 7) is 1.79. The summed E-state index contributed by atoms with van der Waals surface area (Å²) in [4.78, 5) is 0. The number of benzene rings is 1. The Bertz CT molecular complexity index is 330. The van der Waals surface area contributed by atoms with Gasteiger partial charge in [-0.05, 0) is 23.4 Å². The van der Waals surface area contributed by atoms with Crippen LogP contribution in [0.1, 0.15) is 6.92 Å². The molecule has 68 valence electrons. The first-order valence-corrected chi connectivity index (χ1v) is 5.93. The second-order valence-corrected chi connectivity index (χ2v) is 4.44. The lowest BCUT2D eigenvalue weighted by molar-refractivity contribution is 0.637. The molecule has 1 aromatic rings. The Morgan fingerprint density at radius 2 is 2.08 bits per heavy atom. The highest BCUT2D eigenvalue weighted by molar-refractivity contribution is 7.81. The van der Waals surface area contributed by atoms with Crippen molar-refractivity contribution in [2.75, 3.05) is 4.78 Å². The molecule has 3 nitrogen and oxygen atoms in total. The standard InChI is InChI=1S/C8H8ClN2OP/c1-7-10-11(13(9)12-7)8-5-3-2-4-6-8/h2-6H,1H3. The average molecular weight is 215 g/mol. The van der Waals surface area contributed by atoms with Crippen molar-refractivity contribution in [3.8, 4) is 0 Å². The molecule has 0 aliphatic carbocycles. The number of hydrogen-bond acceptors (Lipinski definition) is 3. The first-order valence-electron chi connectivity index (χ1n) is 3.81. The number of halogens is 1. The molecular weight excluding hydrogens is 207 g/mol. The predicted octanol–water partition coefficient (Wildman–Crippen LogP) is 3.32. The molecule has 0 N–H and O–H groups in total. The third-order valence-corrected chi connectivity index (χ3v) is 3.25. The lowest BCUT2D eigenvalue weighted by atomic mass is 10.3. The minimum absolute atomic E-state index is 0.616. The van der Waals surface area contributed by atoms with Crippen LogP contribution in [-0.4, -0.2) is 5.90 Å². The summed E-state index contributed by atoms with van der Waals surface area (Å²) in [7, 11) is -1.14.